The molecule has 1 rings (SSSR count). The van der Waals surface area contributed by atoms with Gasteiger partial charge in [0, 0.05) is 19.6 Å². The molecule has 0 heterocycles. The van der Waals surface area contributed by atoms with Gasteiger partial charge >= 0.3 is 0 Å². The van der Waals surface area contributed by atoms with Crippen LogP contribution < -0.4 is 10.2 Å². The van der Waals surface area contributed by atoms with Crippen molar-refractivity contribution < 1.29 is 9.50 Å². The van der Waals surface area contributed by atoms with Gasteiger partial charge in [-0.1, -0.05) is 12.1 Å². The minimum atomic E-state index is -0.496. The zero-order chi connectivity index (χ0) is 12.0. The maximum absolute atomic E-state index is 13.5. The average Bonchev–Trinajstić information content (AvgIpc) is 2.27. The van der Waals surface area contributed by atoms with Crippen molar-refractivity contribution in [3.05, 3.63) is 30.1 Å². The highest BCUT2D eigenvalue weighted by Gasteiger charge is 2.13. The van der Waals surface area contributed by atoms with Gasteiger partial charge in [-0.15, -0.1) is 0 Å². The van der Waals surface area contributed by atoms with Gasteiger partial charge in [0.1, 0.15) is 5.82 Å². The number of aliphatic hydroxyl groups excluding tert-OH is 1. The Labute approximate surface area is 95.9 Å². The number of para-hydroxylation sites is 1. The number of rotatable bonds is 6. The van der Waals surface area contributed by atoms with Crippen LogP contribution in [0.25, 0.3) is 0 Å². The van der Waals surface area contributed by atoms with Gasteiger partial charge in [-0.05, 0) is 26.1 Å². The molecule has 1 unspecified atom stereocenters. The van der Waals surface area contributed by atoms with Crippen LogP contribution in [0.2, 0.25) is 0 Å². The predicted octanol–water partition coefficient (Wildman–Crippen LogP) is 1.23. The molecule has 0 fully saturated rings. The lowest BCUT2D eigenvalue weighted by molar-refractivity contribution is 0.179. The molecule has 0 saturated carbocycles. The number of benzene rings is 1. The Kier molecular flexibility index (Phi) is 5.22. The molecule has 0 saturated heterocycles. The number of nitrogens with zero attached hydrogens (tertiary/aromatic N) is 1. The smallest absolute Gasteiger partial charge is 0.146 e. The van der Waals surface area contributed by atoms with Gasteiger partial charge in [0.2, 0.25) is 0 Å². The first-order chi connectivity index (χ1) is 7.69. The Morgan fingerprint density at radius 1 is 1.44 bits per heavy atom. The number of halogens is 1. The van der Waals surface area contributed by atoms with E-state index in [9.17, 15) is 9.50 Å². The van der Waals surface area contributed by atoms with Crippen molar-refractivity contribution in [2.24, 2.45) is 0 Å². The van der Waals surface area contributed by atoms with Gasteiger partial charge in [0.25, 0.3) is 0 Å². The van der Waals surface area contributed by atoms with Crippen molar-refractivity contribution in [2.45, 2.75) is 13.0 Å². The average molecular weight is 226 g/mol. The molecular formula is C12H19FN2O. The van der Waals surface area contributed by atoms with Crippen LogP contribution in [0.4, 0.5) is 10.1 Å². The van der Waals surface area contributed by atoms with Gasteiger partial charge in [0.15, 0.2) is 0 Å². The van der Waals surface area contributed by atoms with E-state index in [0.29, 0.717) is 25.3 Å². The van der Waals surface area contributed by atoms with Crippen LogP contribution in [-0.4, -0.2) is 37.9 Å². The van der Waals surface area contributed by atoms with Crippen molar-refractivity contribution in [3.8, 4) is 0 Å². The minimum absolute atomic E-state index is 0.249. The summed E-state index contributed by atoms with van der Waals surface area (Å²) < 4.78 is 13.5. The lowest BCUT2D eigenvalue weighted by atomic mass is 10.2. The minimum Gasteiger partial charge on any atom is -0.390 e. The summed E-state index contributed by atoms with van der Waals surface area (Å²) in [6.45, 7) is 3.55. The van der Waals surface area contributed by atoms with E-state index in [-0.39, 0.29) is 5.82 Å². The van der Waals surface area contributed by atoms with Gasteiger partial charge in [-0.3, -0.25) is 0 Å². The van der Waals surface area contributed by atoms with Crippen LogP contribution in [0.3, 0.4) is 0 Å². The monoisotopic (exact) mass is 226 g/mol. The van der Waals surface area contributed by atoms with Gasteiger partial charge in [-0.25, -0.2) is 4.39 Å². The Morgan fingerprint density at radius 3 is 2.69 bits per heavy atom. The summed E-state index contributed by atoms with van der Waals surface area (Å²) in [5.41, 5.74) is 0.542. The Hall–Kier alpha value is -1.13. The first-order valence-corrected chi connectivity index (χ1v) is 5.51. The molecule has 16 heavy (non-hydrogen) atoms. The predicted molar refractivity (Wildman–Crippen MR) is 64.2 cm³/mol. The summed E-state index contributed by atoms with van der Waals surface area (Å²) in [4.78, 5) is 1.83. The highest BCUT2D eigenvalue weighted by molar-refractivity contribution is 5.47. The summed E-state index contributed by atoms with van der Waals surface area (Å²) in [5, 5.41) is 12.6. The van der Waals surface area contributed by atoms with E-state index >= 15 is 0 Å². The number of hydrogen-bond donors (Lipinski definition) is 2. The molecule has 0 aliphatic carbocycles. The van der Waals surface area contributed by atoms with Crippen molar-refractivity contribution in [1.82, 2.24) is 5.32 Å². The second-order valence-electron chi connectivity index (χ2n) is 3.70. The van der Waals surface area contributed by atoms with Gasteiger partial charge in [0.05, 0.1) is 11.8 Å². The normalized spacial score (nSPS) is 12.5. The van der Waals surface area contributed by atoms with E-state index in [1.165, 1.54) is 6.07 Å². The van der Waals surface area contributed by atoms with E-state index in [2.05, 4.69) is 5.32 Å². The second-order valence-corrected chi connectivity index (χ2v) is 3.70. The zero-order valence-electron chi connectivity index (χ0n) is 9.78. The summed E-state index contributed by atoms with van der Waals surface area (Å²) in [6, 6.07) is 6.62. The summed E-state index contributed by atoms with van der Waals surface area (Å²) in [5.74, 6) is -0.249. The first kappa shape index (κ1) is 12.9. The van der Waals surface area contributed by atoms with Crippen LogP contribution in [0, 0.1) is 5.82 Å². The highest BCUT2D eigenvalue weighted by atomic mass is 19.1. The second kappa shape index (κ2) is 6.45. The van der Waals surface area contributed by atoms with Crippen LogP contribution in [0.1, 0.15) is 6.92 Å². The fourth-order valence-electron chi connectivity index (χ4n) is 1.66. The molecule has 0 radical (unpaired) electrons. The molecule has 0 aliphatic rings. The molecule has 1 atom stereocenters. The lowest BCUT2D eigenvalue weighted by Gasteiger charge is -2.26. The van der Waals surface area contributed by atoms with E-state index < -0.39 is 6.10 Å². The maximum atomic E-state index is 13.5. The van der Waals surface area contributed by atoms with Crippen molar-refractivity contribution in [3.63, 3.8) is 0 Å². The molecule has 4 heteroatoms. The van der Waals surface area contributed by atoms with E-state index in [1.807, 2.05) is 11.8 Å². The third kappa shape index (κ3) is 3.47. The molecule has 90 valence electrons. The number of aliphatic hydroxyl groups is 1. The quantitative estimate of drug-likeness (QED) is 0.766. The van der Waals surface area contributed by atoms with Crippen LogP contribution in [0.15, 0.2) is 24.3 Å². The molecule has 0 bridgehead atoms. The number of hydrogen-bond acceptors (Lipinski definition) is 3. The van der Waals surface area contributed by atoms with Crippen molar-refractivity contribution in [1.29, 1.82) is 0 Å². The van der Waals surface area contributed by atoms with Crippen molar-refractivity contribution in [2.75, 3.05) is 31.6 Å². The molecule has 0 amide bonds. The van der Waals surface area contributed by atoms with E-state index in [0.717, 1.165) is 0 Å². The fourth-order valence-corrected chi connectivity index (χ4v) is 1.66. The summed E-state index contributed by atoms with van der Waals surface area (Å²) >= 11 is 0. The largest absolute Gasteiger partial charge is 0.390 e. The van der Waals surface area contributed by atoms with Crippen LogP contribution in [0.5, 0.6) is 0 Å². The number of anilines is 1. The van der Waals surface area contributed by atoms with Crippen molar-refractivity contribution >= 4 is 5.69 Å². The van der Waals surface area contributed by atoms with E-state index in [4.69, 9.17) is 0 Å². The third-order valence-electron chi connectivity index (χ3n) is 2.45. The standard InChI is InChI=1S/C12H19FN2O/c1-3-15(9-10(16)8-14-2)12-7-5-4-6-11(12)13/h4-7,10,14,16H,3,8-9H2,1-2H3. The summed E-state index contributed by atoms with van der Waals surface area (Å²) in [6.07, 6.45) is -0.496. The zero-order valence-corrected chi connectivity index (χ0v) is 9.78. The number of nitrogens with one attached hydrogen (secondary N) is 1. The SMILES string of the molecule is CCN(CC(O)CNC)c1ccccc1F. The van der Waals surface area contributed by atoms with Gasteiger partial charge in [-0.2, -0.15) is 0 Å². The molecule has 0 spiro atoms. The maximum Gasteiger partial charge on any atom is 0.146 e. The van der Waals surface area contributed by atoms with E-state index in [1.54, 1.807) is 25.2 Å². The molecule has 0 aromatic heterocycles. The third-order valence-corrected chi connectivity index (χ3v) is 2.45. The topological polar surface area (TPSA) is 35.5 Å². The molecule has 2 N–H and O–H groups in total. The van der Waals surface area contributed by atoms with Gasteiger partial charge < -0.3 is 15.3 Å². The molecule has 3 nitrogen and oxygen atoms in total. The Balaban J connectivity index is 2.71. The Morgan fingerprint density at radius 2 is 2.12 bits per heavy atom. The molecule has 1 aromatic rings. The lowest BCUT2D eigenvalue weighted by Crippen LogP contribution is -2.37. The molecular weight excluding hydrogens is 207 g/mol. The fraction of sp³-hybridized carbons (Fsp3) is 0.500. The first-order valence-electron chi connectivity index (χ1n) is 5.51. The van der Waals surface area contributed by atoms with Crippen LogP contribution >= 0.6 is 0 Å². The Bertz CT molecular complexity index is 320. The molecule has 1 aromatic carbocycles. The highest BCUT2D eigenvalue weighted by Crippen LogP contribution is 2.18. The van der Waals surface area contributed by atoms with Crippen LogP contribution in [-0.2, 0) is 0 Å². The molecule has 0 aliphatic heterocycles. The number of likely N-dealkylation sites (N-methyl/N-ethyl adjacent to an activating group) is 2. The summed E-state index contributed by atoms with van der Waals surface area (Å²) in [7, 11) is 1.78.